The normalized spacial score (nSPS) is 14.7. The minimum absolute atomic E-state index is 0.0379. The van der Waals surface area contributed by atoms with Crippen LogP contribution in [-0.4, -0.2) is 21.7 Å². The summed E-state index contributed by atoms with van der Waals surface area (Å²) < 4.78 is 75.8. The number of H-pyrrole nitrogens is 1. The van der Waals surface area contributed by atoms with E-state index in [1.54, 1.807) is 6.07 Å². The van der Waals surface area contributed by atoms with Crippen molar-refractivity contribution in [3.63, 3.8) is 0 Å². The Morgan fingerprint density at radius 1 is 1.07 bits per heavy atom. The van der Waals surface area contributed by atoms with Crippen molar-refractivity contribution in [1.82, 2.24) is 15.4 Å². The van der Waals surface area contributed by atoms with E-state index >= 15 is 0 Å². The number of benzene rings is 2. The minimum atomic E-state index is -4.74. The minimum Gasteiger partial charge on any atom is -0.395 e. The largest absolute Gasteiger partial charge is 0.586 e. The third-order valence-electron chi connectivity index (χ3n) is 3.93. The van der Waals surface area contributed by atoms with Crippen LogP contribution in [0.5, 0.6) is 11.5 Å². The average Bonchev–Trinajstić information content (AvgIpc) is 3.22. The van der Waals surface area contributed by atoms with Gasteiger partial charge in [0.25, 0.3) is 0 Å². The van der Waals surface area contributed by atoms with Crippen LogP contribution in [0.2, 0.25) is 0 Å². The van der Waals surface area contributed by atoms with Crippen molar-refractivity contribution in [2.75, 3.05) is 0 Å². The lowest BCUT2D eigenvalue weighted by molar-refractivity contribution is -0.286. The van der Waals surface area contributed by atoms with Crippen LogP contribution in [0.4, 0.5) is 22.0 Å². The molecule has 0 unspecified atom stereocenters. The molecule has 2 heterocycles. The summed E-state index contributed by atoms with van der Waals surface area (Å²) in [5.74, 6) is -0.695. The summed E-state index contributed by atoms with van der Waals surface area (Å²) in [7, 11) is 0. The van der Waals surface area contributed by atoms with Gasteiger partial charge in [-0.05, 0) is 29.8 Å². The molecule has 2 aromatic carbocycles. The van der Waals surface area contributed by atoms with Gasteiger partial charge < -0.3 is 9.47 Å². The number of rotatable bonds is 2. The van der Waals surface area contributed by atoms with Gasteiger partial charge in [0.15, 0.2) is 17.2 Å². The summed E-state index contributed by atoms with van der Waals surface area (Å²) in [5.41, 5.74) is -1.49. The van der Waals surface area contributed by atoms with E-state index in [1.165, 1.54) is 24.3 Å². The highest BCUT2D eigenvalue weighted by molar-refractivity contribution is 5.79. The summed E-state index contributed by atoms with van der Waals surface area (Å²) in [5, 5.41) is 18.4. The monoisotopic (exact) mass is 394 g/mol. The van der Waals surface area contributed by atoms with Gasteiger partial charge in [-0.1, -0.05) is 17.3 Å². The highest BCUT2D eigenvalue weighted by Gasteiger charge is 2.44. The molecule has 0 radical (unpaired) electrons. The first-order valence-electron chi connectivity index (χ1n) is 7.61. The number of nitriles is 1. The zero-order chi connectivity index (χ0) is 20.1. The van der Waals surface area contributed by atoms with Gasteiger partial charge in [0.2, 0.25) is 0 Å². The molecule has 1 aliphatic heterocycles. The van der Waals surface area contributed by atoms with E-state index in [4.69, 9.17) is 5.26 Å². The van der Waals surface area contributed by atoms with Crippen molar-refractivity contribution in [3.8, 4) is 40.0 Å². The van der Waals surface area contributed by atoms with Crippen LogP contribution in [0.1, 0.15) is 11.3 Å². The Labute approximate surface area is 153 Å². The molecule has 0 saturated carbocycles. The first kappa shape index (κ1) is 17.7. The lowest BCUT2D eigenvalue weighted by Crippen LogP contribution is -2.26. The van der Waals surface area contributed by atoms with Crippen LogP contribution in [0, 0.1) is 11.3 Å². The number of nitrogens with zero attached hydrogens (tertiary/aromatic N) is 3. The molecule has 1 aliphatic rings. The maximum atomic E-state index is 13.4. The van der Waals surface area contributed by atoms with Crippen molar-refractivity contribution in [3.05, 3.63) is 47.7 Å². The Morgan fingerprint density at radius 3 is 2.54 bits per heavy atom. The molecule has 4 rings (SSSR count). The molecule has 0 fully saturated rings. The fourth-order valence-corrected chi connectivity index (χ4v) is 2.79. The molecule has 0 aliphatic carbocycles. The van der Waals surface area contributed by atoms with E-state index in [0.717, 1.165) is 12.1 Å². The number of halogens is 5. The van der Waals surface area contributed by atoms with E-state index in [9.17, 15) is 22.0 Å². The maximum Gasteiger partial charge on any atom is 0.586 e. The maximum absolute atomic E-state index is 13.4. The smallest absolute Gasteiger partial charge is 0.395 e. The van der Waals surface area contributed by atoms with E-state index < -0.39 is 23.8 Å². The topological polar surface area (TPSA) is 83.8 Å². The Morgan fingerprint density at radius 2 is 1.82 bits per heavy atom. The van der Waals surface area contributed by atoms with Gasteiger partial charge in [0.05, 0.1) is 5.56 Å². The van der Waals surface area contributed by atoms with Crippen LogP contribution in [0.15, 0.2) is 36.4 Å². The van der Waals surface area contributed by atoms with E-state index in [-0.39, 0.29) is 33.8 Å². The number of aromatic nitrogens is 3. The summed E-state index contributed by atoms with van der Waals surface area (Å²) in [6.45, 7) is 0. The van der Waals surface area contributed by atoms with E-state index in [0.29, 0.717) is 0 Å². The number of alkyl halides is 5. The molecule has 0 atom stereocenters. The third-order valence-corrected chi connectivity index (χ3v) is 3.93. The Bertz CT molecular complexity index is 1120. The second kappa shape index (κ2) is 5.91. The van der Waals surface area contributed by atoms with Crippen molar-refractivity contribution in [1.29, 1.82) is 5.26 Å². The molecule has 1 N–H and O–H groups in total. The Balaban J connectivity index is 1.94. The number of fused-ring (bicyclic) bond motifs is 1. The second-order valence-electron chi connectivity index (χ2n) is 5.74. The molecule has 28 heavy (non-hydrogen) atoms. The summed E-state index contributed by atoms with van der Waals surface area (Å²) >= 11 is 0. The quantitative estimate of drug-likeness (QED) is 0.654. The average molecular weight is 394 g/mol. The zero-order valence-electron chi connectivity index (χ0n) is 13.5. The number of hydrogen-bond donors (Lipinski definition) is 1. The van der Waals surface area contributed by atoms with Gasteiger partial charge >= 0.3 is 12.5 Å². The highest BCUT2D eigenvalue weighted by Crippen LogP contribution is 2.48. The van der Waals surface area contributed by atoms with Crippen LogP contribution in [0.3, 0.4) is 0 Å². The van der Waals surface area contributed by atoms with E-state index in [2.05, 4.69) is 24.9 Å². The fraction of sp³-hybridized carbons (Fsp3) is 0.118. The first-order valence-corrected chi connectivity index (χ1v) is 7.61. The molecular weight excluding hydrogens is 387 g/mol. The molecule has 0 bridgehead atoms. The Hall–Kier alpha value is -3.68. The van der Waals surface area contributed by atoms with Crippen LogP contribution in [0.25, 0.3) is 22.4 Å². The molecule has 6 nitrogen and oxygen atoms in total. The van der Waals surface area contributed by atoms with Gasteiger partial charge in [0.1, 0.15) is 11.8 Å². The SMILES string of the molecule is N#Cc1[nH]nnc1-c1cc(-c2cccc3c2OC(F)(F)O3)cc(C(F)(F)F)c1. The van der Waals surface area contributed by atoms with Gasteiger partial charge in [-0.15, -0.1) is 13.9 Å². The number of para-hydroxylation sites is 1. The molecule has 11 heteroatoms. The highest BCUT2D eigenvalue weighted by atomic mass is 19.4. The predicted octanol–water partition coefficient (Wildman–Crippen LogP) is 4.35. The second-order valence-corrected chi connectivity index (χ2v) is 5.74. The van der Waals surface area contributed by atoms with Crippen molar-refractivity contribution >= 4 is 0 Å². The lowest BCUT2D eigenvalue weighted by atomic mass is 9.96. The summed E-state index contributed by atoms with van der Waals surface area (Å²) in [6, 6.07) is 8.44. The first-order chi connectivity index (χ1) is 13.2. The molecule has 142 valence electrons. The summed E-state index contributed by atoms with van der Waals surface area (Å²) in [6.07, 6.45) is -8.66. The van der Waals surface area contributed by atoms with Gasteiger partial charge in [0, 0.05) is 11.1 Å². The molecular formula is C17H7F5N4O2. The van der Waals surface area contributed by atoms with Crippen LogP contribution < -0.4 is 9.47 Å². The zero-order valence-corrected chi connectivity index (χ0v) is 13.5. The molecule has 1 aromatic heterocycles. The summed E-state index contributed by atoms with van der Waals surface area (Å²) in [4.78, 5) is 0. The van der Waals surface area contributed by atoms with Gasteiger partial charge in [-0.3, -0.25) is 0 Å². The van der Waals surface area contributed by atoms with Crippen molar-refractivity contribution in [2.45, 2.75) is 12.5 Å². The van der Waals surface area contributed by atoms with Gasteiger partial charge in [-0.25, -0.2) is 5.10 Å². The molecule has 0 saturated heterocycles. The lowest BCUT2D eigenvalue weighted by Gasteiger charge is -2.13. The van der Waals surface area contributed by atoms with E-state index in [1.807, 2.05) is 0 Å². The standard InChI is InChI=1S/C17H7F5N4O2/c18-16(19,20)10-5-8(4-9(6-10)14-12(7-23)24-26-25-14)11-2-1-3-13-15(11)28-17(21,22)27-13/h1-6H,(H,24,25,26). The predicted molar refractivity (Wildman–Crippen MR) is 83.2 cm³/mol. The Kier molecular flexibility index (Phi) is 3.74. The number of hydrogen-bond acceptors (Lipinski definition) is 5. The molecule has 0 amide bonds. The van der Waals surface area contributed by atoms with Crippen LogP contribution in [-0.2, 0) is 6.18 Å². The fourth-order valence-electron chi connectivity index (χ4n) is 2.79. The number of aromatic amines is 1. The molecule has 0 spiro atoms. The number of ether oxygens (including phenoxy) is 2. The van der Waals surface area contributed by atoms with Crippen molar-refractivity contribution < 1.29 is 31.4 Å². The molecule has 3 aromatic rings. The number of nitrogens with one attached hydrogen (secondary N) is 1. The third kappa shape index (κ3) is 2.98. The van der Waals surface area contributed by atoms with Crippen LogP contribution >= 0.6 is 0 Å². The van der Waals surface area contributed by atoms with Crippen molar-refractivity contribution in [2.24, 2.45) is 0 Å². The van der Waals surface area contributed by atoms with Gasteiger partial charge in [-0.2, -0.15) is 18.4 Å².